The number of thioether (sulfide) groups is 1. The second-order valence-electron chi connectivity index (χ2n) is 7.70. The van der Waals surface area contributed by atoms with Gasteiger partial charge in [-0.25, -0.2) is 4.39 Å². The number of carbonyl (C=O) groups is 4. The van der Waals surface area contributed by atoms with Crippen molar-refractivity contribution in [2.45, 2.75) is 24.7 Å². The van der Waals surface area contributed by atoms with Crippen molar-refractivity contribution < 1.29 is 28.3 Å². The summed E-state index contributed by atoms with van der Waals surface area (Å²) in [6.45, 7) is 1.74. The minimum Gasteiger partial charge on any atom is -0.457 e. The number of ketones is 1. The van der Waals surface area contributed by atoms with Crippen LogP contribution in [0, 0.1) is 11.7 Å². The third-order valence-electron chi connectivity index (χ3n) is 5.38. The molecule has 0 saturated carbocycles. The first-order valence-electron chi connectivity index (χ1n) is 10.5. The lowest BCUT2D eigenvalue weighted by molar-refractivity contribution is -0.148. The molecule has 2 aromatic carbocycles. The predicted molar refractivity (Wildman–Crippen MR) is 123 cm³/mol. The highest BCUT2D eigenvalue weighted by molar-refractivity contribution is 7.98. The van der Waals surface area contributed by atoms with Gasteiger partial charge in [-0.3, -0.25) is 19.2 Å². The minimum atomic E-state index is -0.472. The average molecular weight is 473 g/mol. The van der Waals surface area contributed by atoms with Crippen molar-refractivity contribution in [3.05, 3.63) is 59.4 Å². The molecule has 1 heterocycles. The Bertz CT molecular complexity index is 1050. The summed E-state index contributed by atoms with van der Waals surface area (Å²) >= 11 is 1.44. The lowest BCUT2D eigenvalue weighted by Gasteiger charge is -2.31. The van der Waals surface area contributed by atoms with E-state index in [0.717, 1.165) is 4.90 Å². The molecule has 0 unspecified atom stereocenters. The molecule has 2 aromatic rings. The van der Waals surface area contributed by atoms with Crippen LogP contribution in [0.1, 0.15) is 40.5 Å². The number of amides is 2. The molecule has 7 nitrogen and oxygen atoms in total. The maximum atomic E-state index is 13.1. The van der Waals surface area contributed by atoms with Gasteiger partial charge in [-0.2, -0.15) is 0 Å². The molecule has 3 rings (SSSR count). The van der Waals surface area contributed by atoms with Crippen LogP contribution in [0.4, 0.5) is 10.1 Å². The van der Waals surface area contributed by atoms with Crippen LogP contribution in [0.25, 0.3) is 0 Å². The highest BCUT2D eigenvalue weighted by atomic mass is 32.2. The van der Waals surface area contributed by atoms with E-state index in [2.05, 4.69) is 5.32 Å². The maximum absolute atomic E-state index is 13.1. The van der Waals surface area contributed by atoms with E-state index < -0.39 is 24.3 Å². The third-order valence-corrected chi connectivity index (χ3v) is 6.18. The number of hydrogen-bond acceptors (Lipinski definition) is 6. The van der Waals surface area contributed by atoms with Gasteiger partial charge in [0.2, 0.25) is 5.91 Å². The molecule has 0 atom stereocenters. The minimum absolute atomic E-state index is 0.208. The predicted octanol–water partition coefficient (Wildman–Crippen LogP) is 3.78. The first-order valence-corrected chi connectivity index (χ1v) is 11.7. The van der Waals surface area contributed by atoms with Crippen LogP contribution < -0.4 is 5.32 Å². The van der Waals surface area contributed by atoms with E-state index >= 15 is 0 Å². The van der Waals surface area contributed by atoms with Crippen molar-refractivity contribution in [2.24, 2.45) is 5.92 Å². The number of halogens is 1. The summed E-state index contributed by atoms with van der Waals surface area (Å²) < 4.78 is 18.3. The Morgan fingerprint density at radius 2 is 1.70 bits per heavy atom. The van der Waals surface area contributed by atoms with Gasteiger partial charge in [-0.05, 0) is 55.5 Å². The fourth-order valence-corrected chi connectivity index (χ4v) is 4.13. The molecule has 1 aliphatic heterocycles. The zero-order chi connectivity index (χ0) is 24.0. The van der Waals surface area contributed by atoms with Crippen LogP contribution >= 0.6 is 11.8 Å². The van der Waals surface area contributed by atoms with Crippen molar-refractivity contribution >= 4 is 41.0 Å². The van der Waals surface area contributed by atoms with Gasteiger partial charge in [0, 0.05) is 36.0 Å². The summed E-state index contributed by atoms with van der Waals surface area (Å²) in [4.78, 5) is 51.3. The number of Topliss-reactive ketones (excluding diaryl/α,β-unsaturated/α-hetero) is 1. The summed E-state index contributed by atoms with van der Waals surface area (Å²) in [6, 6.07) is 10.3. The van der Waals surface area contributed by atoms with Crippen LogP contribution in [0.15, 0.2) is 47.4 Å². The Morgan fingerprint density at radius 3 is 2.30 bits per heavy atom. The topological polar surface area (TPSA) is 92.8 Å². The number of esters is 1. The number of piperidine rings is 1. The SMILES string of the molecule is CSc1ccc(C(=O)COC(=O)C2CCN(C(=O)c3ccc(F)cc3)CC2)cc1NC(C)=O. The summed E-state index contributed by atoms with van der Waals surface area (Å²) in [5.74, 6) is -2.10. The summed E-state index contributed by atoms with van der Waals surface area (Å²) in [5, 5.41) is 2.69. The van der Waals surface area contributed by atoms with Gasteiger partial charge in [0.1, 0.15) is 5.82 Å². The zero-order valence-electron chi connectivity index (χ0n) is 18.4. The van der Waals surface area contributed by atoms with Crippen molar-refractivity contribution in [3.63, 3.8) is 0 Å². The lowest BCUT2D eigenvalue weighted by atomic mass is 9.96. The van der Waals surface area contributed by atoms with Gasteiger partial charge in [0.05, 0.1) is 11.6 Å². The van der Waals surface area contributed by atoms with Gasteiger partial charge >= 0.3 is 5.97 Å². The number of anilines is 1. The van der Waals surface area contributed by atoms with Gasteiger partial charge in [0.25, 0.3) is 5.91 Å². The van der Waals surface area contributed by atoms with Crippen molar-refractivity contribution in [1.82, 2.24) is 4.90 Å². The van der Waals surface area contributed by atoms with Crippen LogP contribution in [-0.4, -0.2) is 54.4 Å². The number of rotatable bonds is 7. The molecule has 0 aliphatic carbocycles. The molecule has 0 spiro atoms. The van der Waals surface area contributed by atoms with Crippen molar-refractivity contribution in [2.75, 3.05) is 31.3 Å². The van der Waals surface area contributed by atoms with Crippen LogP contribution in [-0.2, 0) is 14.3 Å². The Hall–Kier alpha value is -3.20. The molecule has 1 saturated heterocycles. The van der Waals surface area contributed by atoms with Crippen LogP contribution in [0.3, 0.4) is 0 Å². The molecular formula is C24H25FN2O5S. The molecule has 174 valence electrons. The van der Waals surface area contributed by atoms with E-state index in [1.165, 1.54) is 43.0 Å². The van der Waals surface area contributed by atoms with Gasteiger partial charge in [-0.1, -0.05) is 6.07 Å². The lowest BCUT2D eigenvalue weighted by Crippen LogP contribution is -2.40. The van der Waals surface area contributed by atoms with Crippen molar-refractivity contribution in [1.29, 1.82) is 0 Å². The molecule has 0 aromatic heterocycles. The largest absolute Gasteiger partial charge is 0.457 e. The van der Waals surface area contributed by atoms with Crippen LogP contribution in [0.5, 0.6) is 0 Å². The summed E-state index contributed by atoms with van der Waals surface area (Å²) in [6.07, 6.45) is 2.71. The monoisotopic (exact) mass is 472 g/mol. The average Bonchev–Trinajstić information content (AvgIpc) is 2.82. The first-order chi connectivity index (χ1) is 15.8. The fourth-order valence-electron chi connectivity index (χ4n) is 3.60. The van der Waals surface area contributed by atoms with E-state index in [0.29, 0.717) is 42.7 Å². The Morgan fingerprint density at radius 1 is 1.06 bits per heavy atom. The van der Waals surface area contributed by atoms with E-state index in [1.807, 2.05) is 6.26 Å². The summed E-state index contributed by atoms with van der Waals surface area (Å²) in [7, 11) is 0. The van der Waals surface area contributed by atoms with Gasteiger partial charge in [0.15, 0.2) is 12.4 Å². The number of nitrogens with zero attached hydrogens (tertiary/aromatic N) is 1. The molecule has 33 heavy (non-hydrogen) atoms. The highest BCUT2D eigenvalue weighted by Gasteiger charge is 2.29. The Kier molecular flexibility index (Phi) is 8.21. The Labute approximate surface area is 195 Å². The molecule has 1 N–H and O–H groups in total. The second-order valence-corrected chi connectivity index (χ2v) is 8.55. The smallest absolute Gasteiger partial charge is 0.309 e. The second kappa shape index (κ2) is 11.1. The number of ether oxygens (including phenoxy) is 1. The van der Waals surface area contributed by atoms with E-state index in [9.17, 15) is 23.6 Å². The van der Waals surface area contributed by atoms with Gasteiger partial charge in [-0.15, -0.1) is 11.8 Å². The molecule has 0 bridgehead atoms. The number of nitrogens with one attached hydrogen (secondary N) is 1. The van der Waals surface area contributed by atoms with Crippen LogP contribution in [0.2, 0.25) is 0 Å². The molecule has 1 aliphatic rings. The maximum Gasteiger partial charge on any atom is 0.309 e. The van der Waals surface area contributed by atoms with Gasteiger partial charge < -0.3 is 15.0 Å². The number of likely N-dealkylation sites (tertiary alicyclic amines) is 1. The molecule has 9 heteroatoms. The number of hydrogen-bond donors (Lipinski definition) is 1. The van der Waals surface area contributed by atoms with Crippen molar-refractivity contribution in [3.8, 4) is 0 Å². The molecule has 2 amide bonds. The highest BCUT2D eigenvalue weighted by Crippen LogP contribution is 2.27. The normalized spacial score (nSPS) is 14.0. The van der Waals surface area contributed by atoms with E-state index in [4.69, 9.17) is 4.74 Å². The molecular weight excluding hydrogens is 447 g/mol. The molecule has 1 fully saturated rings. The third kappa shape index (κ3) is 6.41. The van der Waals surface area contributed by atoms with E-state index in [-0.39, 0.29) is 17.6 Å². The zero-order valence-corrected chi connectivity index (χ0v) is 19.2. The number of carbonyl (C=O) groups excluding carboxylic acids is 4. The summed E-state index contributed by atoms with van der Waals surface area (Å²) in [5.41, 5.74) is 1.27. The first kappa shape index (κ1) is 24.4. The van der Waals surface area contributed by atoms with E-state index in [1.54, 1.807) is 23.1 Å². The standard InChI is InChI=1S/C24H25FN2O5S/c1-15(28)26-20-13-18(5-8-22(20)33-2)21(29)14-32-24(31)17-9-11-27(12-10-17)23(30)16-3-6-19(25)7-4-16/h3-8,13,17H,9-12,14H2,1-2H3,(H,26,28). The molecule has 0 radical (unpaired) electrons. The Balaban J connectivity index is 1.51. The fraction of sp³-hybridized carbons (Fsp3) is 0.333. The quantitative estimate of drug-likeness (QED) is 0.375. The number of benzene rings is 2.